The second-order valence-electron chi connectivity index (χ2n) is 8.96. The van der Waals surface area contributed by atoms with E-state index in [-0.39, 0.29) is 23.5 Å². The van der Waals surface area contributed by atoms with Crippen LogP contribution in [0.15, 0.2) is 42.5 Å². The van der Waals surface area contributed by atoms with Gasteiger partial charge in [0.15, 0.2) is 9.84 Å². The van der Waals surface area contributed by atoms with Crippen molar-refractivity contribution in [1.29, 1.82) is 0 Å². The second-order valence-corrected chi connectivity index (χ2v) is 11.2. The Morgan fingerprint density at radius 2 is 1.94 bits per heavy atom. The summed E-state index contributed by atoms with van der Waals surface area (Å²) in [6.45, 7) is 0.385. The lowest BCUT2D eigenvalue weighted by atomic mass is 9.76. The number of nitrogens with one attached hydrogen (secondary N) is 1. The molecule has 2 unspecified atom stereocenters. The molecule has 2 aromatic carbocycles. The fraction of sp³-hybridized carbons (Fsp3) is 0.520. The third-order valence-corrected chi connectivity index (χ3v) is 8.44. The predicted octanol–water partition coefficient (Wildman–Crippen LogP) is 4.28. The molecule has 2 atom stereocenters. The molecule has 6 heteroatoms. The summed E-state index contributed by atoms with van der Waals surface area (Å²) in [6, 6.07) is 13.4. The van der Waals surface area contributed by atoms with E-state index in [2.05, 4.69) is 17.4 Å². The zero-order valence-corrected chi connectivity index (χ0v) is 19.0. The largest absolute Gasteiger partial charge is 0.494 e. The number of aryl methyl sites for hydroxylation is 1. The number of sulfone groups is 1. The number of likely N-dealkylation sites (N-methyl/N-ethyl adjacent to an activating group) is 1. The lowest BCUT2D eigenvalue weighted by Gasteiger charge is -2.34. The number of fused-ring (bicyclic) bond motifs is 1. The van der Waals surface area contributed by atoms with Gasteiger partial charge >= 0.3 is 0 Å². The summed E-state index contributed by atoms with van der Waals surface area (Å²) in [5.74, 6) is 1.66. The molecule has 2 aliphatic carbocycles. The molecule has 0 radical (unpaired) electrons. The summed E-state index contributed by atoms with van der Waals surface area (Å²) in [7, 11) is -1.00. The van der Waals surface area contributed by atoms with Crippen LogP contribution in [0.2, 0.25) is 0 Å². The summed E-state index contributed by atoms with van der Waals surface area (Å²) in [5, 5.41) is 3.41. The van der Waals surface area contributed by atoms with Gasteiger partial charge in [-0.2, -0.15) is 0 Å². The summed E-state index contributed by atoms with van der Waals surface area (Å²) >= 11 is 0. The first-order chi connectivity index (χ1) is 14.9. The van der Waals surface area contributed by atoms with Crippen molar-refractivity contribution in [2.75, 3.05) is 25.2 Å². The van der Waals surface area contributed by atoms with E-state index in [9.17, 15) is 12.8 Å². The van der Waals surface area contributed by atoms with Crippen LogP contribution in [0.4, 0.5) is 4.39 Å². The van der Waals surface area contributed by atoms with Gasteiger partial charge in [-0.3, -0.25) is 0 Å². The molecule has 0 saturated heterocycles. The zero-order valence-electron chi connectivity index (χ0n) is 18.1. The van der Waals surface area contributed by atoms with Crippen molar-refractivity contribution < 1.29 is 17.5 Å². The summed E-state index contributed by atoms with van der Waals surface area (Å²) in [5.41, 5.74) is 3.22. The van der Waals surface area contributed by atoms with Gasteiger partial charge in [0.2, 0.25) is 0 Å². The Morgan fingerprint density at radius 1 is 1.13 bits per heavy atom. The van der Waals surface area contributed by atoms with E-state index in [1.54, 1.807) is 6.07 Å². The highest BCUT2D eigenvalue weighted by Crippen LogP contribution is 2.37. The van der Waals surface area contributed by atoms with E-state index in [1.165, 1.54) is 17.2 Å². The van der Waals surface area contributed by atoms with Crippen molar-refractivity contribution in [3.8, 4) is 5.75 Å². The highest BCUT2D eigenvalue weighted by molar-refractivity contribution is 7.91. The molecule has 168 valence electrons. The van der Waals surface area contributed by atoms with Gasteiger partial charge in [-0.05, 0) is 86.4 Å². The van der Waals surface area contributed by atoms with Crippen LogP contribution in [0.1, 0.15) is 48.3 Å². The molecule has 0 bridgehead atoms. The third-order valence-electron chi connectivity index (χ3n) is 6.55. The first kappa shape index (κ1) is 22.3. The predicted molar refractivity (Wildman–Crippen MR) is 122 cm³/mol. The SMILES string of the molecule is CNC1CCc2ccc(OCCCS(=O)(=O)CC3CC3)cc2C1Cc1ccccc1F. The highest BCUT2D eigenvalue weighted by atomic mass is 32.2. The van der Waals surface area contributed by atoms with Crippen molar-refractivity contribution in [3.05, 3.63) is 65.0 Å². The topological polar surface area (TPSA) is 55.4 Å². The van der Waals surface area contributed by atoms with E-state index in [0.717, 1.165) is 37.0 Å². The first-order valence-corrected chi connectivity index (χ1v) is 13.1. The van der Waals surface area contributed by atoms with Crippen LogP contribution < -0.4 is 10.1 Å². The molecule has 0 aromatic heterocycles. The summed E-state index contributed by atoms with van der Waals surface area (Å²) < 4.78 is 44.4. The minimum absolute atomic E-state index is 0.160. The summed E-state index contributed by atoms with van der Waals surface area (Å²) in [4.78, 5) is 0. The van der Waals surface area contributed by atoms with E-state index in [1.807, 2.05) is 25.2 Å². The number of benzene rings is 2. The molecule has 2 aliphatic rings. The summed E-state index contributed by atoms with van der Waals surface area (Å²) in [6.07, 6.45) is 5.23. The molecule has 0 amide bonds. The van der Waals surface area contributed by atoms with Crippen LogP contribution in [-0.2, 0) is 22.7 Å². The number of hydrogen-bond donors (Lipinski definition) is 1. The Morgan fingerprint density at radius 3 is 2.68 bits per heavy atom. The molecule has 2 aromatic rings. The van der Waals surface area contributed by atoms with Crippen LogP contribution in [0.5, 0.6) is 5.75 Å². The Kier molecular flexibility index (Phi) is 6.97. The minimum Gasteiger partial charge on any atom is -0.494 e. The molecule has 31 heavy (non-hydrogen) atoms. The van der Waals surface area contributed by atoms with Crippen LogP contribution >= 0.6 is 0 Å². The molecular formula is C25H32FNO3S. The Hall–Kier alpha value is -1.92. The van der Waals surface area contributed by atoms with Gasteiger partial charge in [-0.1, -0.05) is 24.3 Å². The van der Waals surface area contributed by atoms with E-state index < -0.39 is 9.84 Å². The average Bonchev–Trinajstić information content (AvgIpc) is 3.56. The average molecular weight is 446 g/mol. The first-order valence-electron chi connectivity index (χ1n) is 11.3. The highest BCUT2D eigenvalue weighted by Gasteiger charge is 2.30. The minimum atomic E-state index is -2.97. The molecule has 0 spiro atoms. The van der Waals surface area contributed by atoms with Gasteiger partial charge in [0.1, 0.15) is 11.6 Å². The van der Waals surface area contributed by atoms with E-state index >= 15 is 0 Å². The quantitative estimate of drug-likeness (QED) is 0.555. The smallest absolute Gasteiger partial charge is 0.150 e. The third kappa shape index (κ3) is 5.86. The Balaban J connectivity index is 1.43. The molecule has 1 N–H and O–H groups in total. The lowest BCUT2D eigenvalue weighted by molar-refractivity contribution is 0.315. The Labute approximate surface area is 185 Å². The van der Waals surface area contributed by atoms with Gasteiger partial charge < -0.3 is 10.1 Å². The van der Waals surface area contributed by atoms with Crippen molar-refractivity contribution in [2.24, 2.45) is 5.92 Å². The maximum atomic E-state index is 14.3. The van der Waals surface area contributed by atoms with Crippen LogP contribution in [0, 0.1) is 11.7 Å². The standard InChI is InChI=1S/C25H32FNO3S/c1-27-25-12-10-19-9-11-21(30-13-4-14-31(28,29)17-18-7-8-18)16-22(19)23(25)15-20-5-2-3-6-24(20)26/h2-3,5-6,9,11,16,18,23,25,27H,4,7-8,10,12-15,17H2,1H3. The molecule has 0 heterocycles. The molecule has 1 fully saturated rings. The fourth-order valence-electron chi connectivity index (χ4n) is 4.66. The van der Waals surface area contributed by atoms with Crippen molar-refractivity contribution in [1.82, 2.24) is 5.32 Å². The van der Waals surface area contributed by atoms with Gasteiger partial charge in [-0.15, -0.1) is 0 Å². The zero-order chi connectivity index (χ0) is 21.8. The van der Waals surface area contributed by atoms with Crippen LogP contribution in [-0.4, -0.2) is 39.6 Å². The molecule has 4 rings (SSSR count). The van der Waals surface area contributed by atoms with Crippen molar-refractivity contribution in [3.63, 3.8) is 0 Å². The van der Waals surface area contributed by atoms with Gasteiger partial charge in [0.25, 0.3) is 0 Å². The molecule has 4 nitrogen and oxygen atoms in total. The van der Waals surface area contributed by atoms with Gasteiger partial charge in [0.05, 0.1) is 18.1 Å². The number of hydrogen-bond acceptors (Lipinski definition) is 4. The van der Waals surface area contributed by atoms with E-state index in [0.29, 0.717) is 31.1 Å². The van der Waals surface area contributed by atoms with Gasteiger partial charge in [0, 0.05) is 12.0 Å². The van der Waals surface area contributed by atoms with Crippen molar-refractivity contribution >= 4 is 9.84 Å². The normalized spacial score (nSPS) is 21.0. The molecule has 0 aliphatic heterocycles. The lowest BCUT2D eigenvalue weighted by Crippen LogP contribution is -2.37. The number of ether oxygens (including phenoxy) is 1. The van der Waals surface area contributed by atoms with Crippen LogP contribution in [0.3, 0.4) is 0 Å². The Bertz CT molecular complexity index is 1000. The molecular weight excluding hydrogens is 413 g/mol. The van der Waals surface area contributed by atoms with Crippen molar-refractivity contribution in [2.45, 2.75) is 50.5 Å². The van der Waals surface area contributed by atoms with E-state index in [4.69, 9.17) is 4.74 Å². The number of rotatable bonds is 10. The monoisotopic (exact) mass is 445 g/mol. The maximum absolute atomic E-state index is 14.3. The van der Waals surface area contributed by atoms with Crippen LogP contribution in [0.25, 0.3) is 0 Å². The maximum Gasteiger partial charge on any atom is 0.150 e. The fourth-order valence-corrected chi connectivity index (χ4v) is 6.43. The second kappa shape index (κ2) is 9.70. The van der Waals surface area contributed by atoms with Gasteiger partial charge in [-0.25, -0.2) is 12.8 Å². The molecule has 1 saturated carbocycles. The number of halogens is 1.